The number of nitrogens with zero attached hydrogens (tertiary/aromatic N) is 2. The summed E-state index contributed by atoms with van der Waals surface area (Å²) in [7, 11) is 1.63. The van der Waals surface area contributed by atoms with Crippen LogP contribution < -0.4 is 15.4 Å². The highest BCUT2D eigenvalue weighted by Crippen LogP contribution is 2.43. The number of anilines is 1. The summed E-state index contributed by atoms with van der Waals surface area (Å²) in [6.07, 6.45) is 3.61. The predicted molar refractivity (Wildman–Crippen MR) is 138 cm³/mol. The Kier molecular flexibility index (Phi) is 8.88. The third kappa shape index (κ3) is 5.68. The van der Waals surface area contributed by atoms with Gasteiger partial charge in [-0.3, -0.25) is 9.69 Å². The van der Waals surface area contributed by atoms with E-state index in [-0.39, 0.29) is 18.1 Å². The van der Waals surface area contributed by atoms with Crippen molar-refractivity contribution in [3.63, 3.8) is 0 Å². The van der Waals surface area contributed by atoms with Crippen molar-refractivity contribution >= 4 is 17.3 Å². The van der Waals surface area contributed by atoms with E-state index in [2.05, 4.69) is 25.9 Å². The van der Waals surface area contributed by atoms with E-state index in [1.807, 2.05) is 67.6 Å². The van der Waals surface area contributed by atoms with Crippen LogP contribution in [0.4, 0.5) is 5.69 Å². The molecule has 1 saturated heterocycles. The van der Waals surface area contributed by atoms with E-state index >= 15 is 0 Å². The van der Waals surface area contributed by atoms with Crippen molar-refractivity contribution in [3.8, 4) is 5.75 Å². The number of hydrogen-bond acceptors (Lipinski definition) is 5. The van der Waals surface area contributed by atoms with Gasteiger partial charge in [-0.2, -0.15) is 0 Å². The fourth-order valence-corrected chi connectivity index (χ4v) is 4.28. The first-order valence-electron chi connectivity index (χ1n) is 12.1. The standard InChI is InChI=1S/C28H37N3O3/c1-6-19(2)21(4)26(16-17-29)34-30-20(3)18-25-27(22-10-8-7-9-11-22)31(28(25)32)23-12-14-24(33-5)15-13-23/h7-15,18-19,21,26-27H,6,16-17,29H2,1-5H3/b25-18+,30-20?. The molecule has 0 aliphatic carbocycles. The Balaban J connectivity index is 1.85. The molecule has 34 heavy (non-hydrogen) atoms. The van der Waals surface area contributed by atoms with Crippen molar-refractivity contribution in [1.29, 1.82) is 0 Å². The zero-order chi connectivity index (χ0) is 24.7. The molecule has 0 radical (unpaired) electrons. The monoisotopic (exact) mass is 463 g/mol. The summed E-state index contributed by atoms with van der Waals surface area (Å²) in [5, 5.41) is 4.38. The molecule has 2 aromatic carbocycles. The highest BCUT2D eigenvalue weighted by Gasteiger charge is 2.44. The molecule has 1 aliphatic heterocycles. The van der Waals surface area contributed by atoms with E-state index in [1.165, 1.54) is 0 Å². The lowest BCUT2D eigenvalue weighted by molar-refractivity contribution is -0.119. The molecule has 1 heterocycles. The van der Waals surface area contributed by atoms with Gasteiger partial charge in [-0.1, -0.05) is 62.7 Å². The van der Waals surface area contributed by atoms with E-state index in [9.17, 15) is 4.79 Å². The number of rotatable bonds is 11. The molecule has 0 aromatic heterocycles. The number of carbonyl (C=O) groups excluding carboxylic acids is 1. The van der Waals surface area contributed by atoms with Crippen LogP contribution in [0.15, 0.2) is 71.4 Å². The zero-order valence-corrected chi connectivity index (χ0v) is 20.9. The molecule has 0 spiro atoms. The molecular formula is C28H37N3O3. The Labute approximate surface area is 203 Å². The number of oxime groups is 1. The maximum atomic E-state index is 13.2. The minimum absolute atomic E-state index is 0.0416. The minimum Gasteiger partial charge on any atom is -0.497 e. The first kappa shape index (κ1) is 25.5. The second-order valence-corrected chi connectivity index (χ2v) is 8.98. The second kappa shape index (κ2) is 11.8. The van der Waals surface area contributed by atoms with Crippen molar-refractivity contribution in [1.82, 2.24) is 0 Å². The van der Waals surface area contributed by atoms with Gasteiger partial charge < -0.3 is 15.3 Å². The van der Waals surface area contributed by atoms with Gasteiger partial charge in [0.1, 0.15) is 11.9 Å². The molecule has 2 N–H and O–H groups in total. The highest BCUT2D eigenvalue weighted by atomic mass is 16.6. The number of β-lactam (4-membered cyclic amide) rings is 1. The number of methoxy groups -OCH3 is 1. The number of benzene rings is 2. The lowest BCUT2D eigenvalue weighted by atomic mass is 9.86. The van der Waals surface area contributed by atoms with Crippen LogP contribution in [0.3, 0.4) is 0 Å². The van der Waals surface area contributed by atoms with Crippen molar-refractivity contribution in [2.75, 3.05) is 18.6 Å². The Morgan fingerprint density at radius 2 is 1.82 bits per heavy atom. The molecule has 6 nitrogen and oxygen atoms in total. The van der Waals surface area contributed by atoms with Gasteiger partial charge in [0.15, 0.2) is 0 Å². The molecule has 2 aromatic rings. The Morgan fingerprint density at radius 1 is 1.15 bits per heavy atom. The SMILES string of the molecule is CCC(C)C(C)C(CCN)ON=C(C)/C=C1/C(=O)N(c2ccc(OC)cc2)C1c1ccccc1. The molecule has 4 unspecified atom stereocenters. The quantitative estimate of drug-likeness (QED) is 0.207. The number of amides is 1. The third-order valence-corrected chi connectivity index (χ3v) is 6.76. The molecule has 6 heteroatoms. The van der Waals surface area contributed by atoms with Gasteiger partial charge >= 0.3 is 0 Å². The van der Waals surface area contributed by atoms with Crippen LogP contribution in [-0.4, -0.2) is 31.4 Å². The smallest absolute Gasteiger partial charge is 0.257 e. The molecule has 0 saturated carbocycles. The summed E-state index contributed by atoms with van der Waals surface area (Å²) < 4.78 is 5.26. The van der Waals surface area contributed by atoms with Crippen LogP contribution in [0.2, 0.25) is 0 Å². The van der Waals surface area contributed by atoms with Gasteiger partial charge in [0.2, 0.25) is 0 Å². The maximum absolute atomic E-state index is 13.2. The number of carbonyl (C=O) groups is 1. The average molecular weight is 464 g/mol. The summed E-state index contributed by atoms with van der Waals surface area (Å²) >= 11 is 0. The van der Waals surface area contributed by atoms with Crippen LogP contribution in [-0.2, 0) is 9.63 Å². The van der Waals surface area contributed by atoms with E-state index < -0.39 is 0 Å². The third-order valence-electron chi connectivity index (χ3n) is 6.76. The fraction of sp³-hybridized carbons (Fsp3) is 0.429. The summed E-state index contributed by atoms with van der Waals surface area (Å²) in [5.41, 5.74) is 9.05. The van der Waals surface area contributed by atoms with Crippen LogP contribution in [0.25, 0.3) is 0 Å². The largest absolute Gasteiger partial charge is 0.497 e. The molecule has 4 atom stereocenters. The van der Waals surface area contributed by atoms with E-state index in [0.717, 1.165) is 29.8 Å². The number of allylic oxidation sites excluding steroid dienone is 1. The number of nitrogens with two attached hydrogens (primary N) is 1. The minimum atomic E-state index is -0.189. The van der Waals surface area contributed by atoms with Gasteiger partial charge in [0, 0.05) is 11.3 Å². The summed E-state index contributed by atoms with van der Waals surface area (Å²) in [6.45, 7) is 9.01. The van der Waals surface area contributed by atoms with Crippen LogP contribution in [0.5, 0.6) is 5.75 Å². The first-order valence-corrected chi connectivity index (χ1v) is 12.1. The van der Waals surface area contributed by atoms with E-state index in [0.29, 0.717) is 29.7 Å². The second-order valence-electron chi connectivity index (χ2n) is 8.98. The average Bonchev–Trinajstić information content (AvgIpc) is 2.87. The van der Waals surface area contributed by atoms with Gasteiger partial charge in [0.25, 0.3) is 5.91 Å². The first-order chi connectivity index (χ1) is 16.4. The Hall–Kier alpha value is -3.12. The summed E-state index contributed by atoms with van der Waals surface area (Å²) in [5.74, 6) is 1.56. The van der Waals surface area contributed by atoms with Crippen molar-refractivity contribution < 1.29 is 14.4 Å². The summed E-state index contributed by atoms with van der Waals surface area (Å²) in [4.78, 5) is 21.0. The van der Waals surface area contributed by atoms with Crippen molar-refractivity contribution in [2.45, 2.75) is 52.7 Å². The maximum Gasteiger partial charge on any atom is 0.257 e. The normalized spacial score (nSPS) is 20.0. The Morgan fingerprint density at radius 3 is 2.41 bits per heavy atom. The number of ether oxygens (including phenoxy) is 1. The molecule has 182 valence electrons. The van der Waals surface area contributed by atoms with Gasteiger partial charge in [-0.15, -0.1) is 0 Å². The van der Waals surface area contributed by atoms with E-state index in [4.69, 9.17) is 15.3 Å². The topological polar surface area (TPSA) is 77.2 Å². The predicted octanol–water partition coefficient (Wildman–Crippen LogP) is 5.50. The van der Waals surface area contributed by atoms with Gasteiger partial charge in [-0.05, 0) is 67.6 Å². The van der Waals surface area contributed by atoms with Crippen LogP contribution >= 0.6 is 0 Å². The number of hydrogen-bond donors (Lipinski definition) is 1. The van der Waals surface area contributed by atoms with Gasteiger partial charge in [0.05, 0.1) is 18.9 Å². The lowest BCUT2D eigenvalue weighted by Crippen LogP contribution is -2.49. The molecule has 0 bridgehead atoms. The van der Waals surface area contributed by atoms with Crippen LogP contribution in [0, 0.1) is 11.8 Å². The highest BCUT2D eigenvalue weighted by molar-refractivity contribution is 6.18. The molecular weight excluding hydrogens is 426 g/mol. The van der Waals surface area contributed by atoms with Crippen molar-refractivity contribution in [3.05, 3.63) is 71.8 Å². The molecule has 1 amide bonds. The molecule has 1 fully saturated rings. The Bertz CT molecular complexity index is 1000. The molecule has 1 aliphatic rings. The zero-order valence-electron chi connectivity index (χ0n) is 20.9. The van der Waals surface area contributed by atoms with Crippen molar-refractivity contribution in [2.24, 2.45) is 22.7 Å². The van der Waals surface area contributed by atoms with Crippen LogP contribution in [0.1, 0.15) is 52.1 Å². The summed E-state index contributed by atoms with van der Waals surface area (Å²) in [6, 6.07) is 17.4. The lowest BCUT2D eigenvalue weighted by Gasteiger charge is -2.43. The molecule has 3 rings (SSSR count). The van der Waals surface area contributed by atoms with E-state index in [1.54, 1.807) is 12.0 Å². The van der Waals surface area contributed by atoms with Gasteiger partial charge in [-0.25, -0.2) is 0 Å². The fourth-order valence-electron chi connectivity index (χ4n) is 4.28.